The van der Waals surface area contributed by atoms with Gasteiger partial charge in [-0.05, 0) is 23.8 Å². The largest absolute Gasteiger partial charge is 0.378 e. The minimum Gasteiger partial charge on any atom is -0.378 e. The Balaban J connectivity index is 1.38. The van der Waals surface area contributed by atoms with Gasteiger partial charge in [0.2, 0.25) is 10.0 Å². The number of ether oxygens (including phenoxy) is 1. The predicted octanol–water partition coefficient (Wildman–Crippen LogP) is 0.914. The van der Waals surface area contributed by atoms with E-state index in [9.17, 15) is 13.2 Å². The Morgan fingerprint density at radius 2 is 1.97 bits per heavy atom. The molecule has 9 nitrogen and oxygen atoms in total. The molecule has 0 bridgehead atoms. The number of aromatic nitrogens is 2. The fourth-order valence-corrected chi connectivity index (χ4v) is 5.97. The zero-order valence-electron chi connectivity index (χ0n) is 16.5. The molecule has 2 aliphatic rings. The second kappa shape index (κ2) is 9.38. The summed E-state index contributed by atoms with van der Waals surface area (Å²) in [6.07, 6.45) is 3.11. The zero-order chi connectivity index (χ0) is 21.0. The van der Waals surface area contributed by atoms with Crippen molar-refractivity contribution < 1.29 is 17.9 Å². The number of amides is 1. The van der Waals surface area contributed by atoms with Crippen LogP contribution in [0, 0.1) is 0 Å². The van der Waals surface area contributed by atoms with E-state index in [0.29, 0.717) is 32.8 Å². The highest BCUT2D eigenvalue weighted by molar-refractivity contribution is 7.99. The first-order valence-electron chi connectivity index (χ1n) is 9.86. The van der Waals surface area contributed by atoms with E-state index in [1.54, 1.807) is 18.0 Å². The van der Waals surface area contributed by atoms with Crippen LogP contribution in [0.25, 0.3) is 0 Å². The topological polar surface area (TPSA) is 108 Å². The minimum atomic E-state index is -3.58. The first-order chi connectivity index (χ1) is 14.5. The molecule has 0 aliphatic carbocycles. The zero-order valence-corrected chi connectivity index (χ0v) is 18.2. The number of carbonyl (C=O) groups excluding carboxylic acids is 1. The third-order valence-corrected chi connectivity index (χ3v) is 7.93. The predicted molar refractivity (Wildman–Crippen MR) is 115 cm³/mol. The molecule has 1 amide bonds. The summed E-state index contributed by atoms with van der Waals surface area (Å²) < 4.78 is 32.3. The molecule has 4 heterocycles. The van der Waals surface area contributed by atoms with Crippen LogP contribution in [0.1, 0.15) is 16.1 Å². The normalized spacial score (nSPS) is 18.3. The SMILES string of the molecule is O=C(NCc1ccnc(N2CCOCC2)c1)c1cc(S(=O)(=O)N2CCSCC2)c[nH]1. The molecule has 0 unspecified atom stereocenters. The van der Waals surface area contributed by atoms with Crippen molar-refractivity contribution in [1.82, 2.24) is 19.6 Å². The summed E-state index contributed by atoms with van der Waals surface area (Å²) in [5.41, 5.74) is 1.15. The van der Waals surface area contributed by atoms with Crippen LogP contribution in [0.15, 0.2) is 35.5 Å². The first-order valence-corrected chi connectivity index (χ1v) is 12.5. The molecular weight excluding hydrogens is 426 g/mol. The van der Waals surface area contributed by atoms with E-state index in [0.717, 1.165) is 36.0 Å². The second-order valence-electron chi connectivity index (χ2n) is 7.07. The van der Waals surface area contributed by atoms with Crippen LogP contribution in [0.4, 0.5) is 5.82 Å². The van der Waals surface area contributed by atoms with Crippen LogP contribution >= 0.6 is 11.8 Å². The van der Waals surface area contributed by atoms with Gasteiger partial charge < -0.3 is 19.9 Å². The maximum absolute atomic E-state index is 12.7. The molecule has 2 fully saturated rings. The number of hydrogen-bond donors (Lipinski definition) is 2. The number of morpholine rings is 1. The quantitative estimate of drug-likeness (QED) is 0.672. The molecule has 2 aromatic heterocycles. The molecule has 0 radical (unpaired) electrons. The van der Waals surface area contributed by atoms with Gasteiger partial charge in [0, 0.05) is 56.6 Å². The lowest BCUT2D eigenvalue weighted by atomic mass is 10.2. The average molecular weight is 452 g/mol. The van der Waals surface area contributed by atoms with Crippen molar-refractivity contribution in [2.75, 3.05) is 55.8 Å². The molecule has 2 N–H and O–H groups in total. The van der Waals surface area contributed by atoms with E-state index >= 15 is 0 Å². The molecule has 2 aliphatic heterocycles. The summed E-state index contributed by atoms with van der Waals surface area (Å²) in [6.45, 7) is 4.24. The van der Waals surface area contributed by atoms with Crippen LogP contribution < -0.4 is 10.2 Å². The number of pyridine rings is 1. The molecule has 30 heavy (non-hydrogen) atoms. The lowest BCUT2D eigenvalue weighted by molar-refractivity contribution is 0.0946. The summed E-state index contributed by atoms with van der Waals surface area (Å²) >= 11 is 1.74. The number of hydrogen-bond acceptors (Lipinski definition) is 7. The number of sulfonamides is 1. The Morgan fingerprint density at radius 1 is 1.20 bits per heavy atom. The van der Waals surface area contributed by atoms with Crippen LogP contribution in [0.3, 0.4) is 0 Å². The van der Waals surface area contributed by atoms with E-state index in [1.807, 2.05) is 12.1 Å². The number of nitrogens with zero attached hydrogens (tertiary/aromatic N) is 3. The lowest BCUT2D eigenvalue weighted by Gasteiger charge is -2.28. The number of nitrogens with one attached hydrogen (secondary N) is 2. The highest BCUT2D eigenvalue weighted by Gasteiger charge is 2.27. The molecule has 0 aromatic carbocycles. The van der Waals surface area contributed by atoms with E-state index in [4.69, 9.17) is 4.74 Å². The van der Waals surface area contributed by atoms with E-state index in [-0.39, 0.29) is 16.5 Å². The minimum absolute atomic E-state index is 0.123. The molecule has 2 aromatic rings. The summed E-state index contributed by atoms with van der Waals surface area (Å²) in [5.74, 6) is 2.08. The maximum Gasteiger partial charge on any atom is 0.268 e. The number of aromatic amines is 1. The third-order valence-electron chi connectivity index (χ3n) is 5.11. The fourth-order valence-electron chi connectivity index (χ4n) is 3.40. The van der Waals surface area contributed by atoms with E-state index in [1.165, 1.54) is 16.6 Å². The van der Waals surface area contributed by atoms with Crippen molar-refractivity contribution >= 4 is 33.5 Å². The number of rotatable bonds is 6. The highest BCUT2D eigenvalue weighted by Crippen LogP contribution is 2.21. The van der Waals surface area contributed by atoms with Crippen molar-refractivity contribution in [2.24, 2.45) is 0 Å². The summed E-state index contributed by atoms with van der Waals surface area (Å²) in [4.78, 5) is 22.0. The number of carbonyl (C=O) groups is 1. The van der Waals surface area contributed by atoms with E-state index < -0.39 is 10.0 Å². The highest BCUT2D eigenvalue weighted by atomic mass is 32.2. The number of thioether (sulfide) groups is 1. The van der Waals surface area contributed by atoms with Gasteiger partial charge in [0.25, 0.3) is 5.91 Å². The molecular formula is C19H25N5O4S2. The van der Waals surface area contributed by atoms with Gasteiger partial charge >= 0.3 is 0 Å². The van der Waals surface area contributed by atoms with Crippen LogP contribution in [-0.2, 0) is 21.3 Å². The van der Waals surface area contributed by atoms with Crippen LogP contribution in [0.5, 0.6) is 0 Å². The van der Waals surface area contributed by atoms with Gasteiger partial charge in [-0.3, -0.25) is 4.79 Å². The molecule has 11 heteroatoms. The summed E-state index contributed by atoms with van der Waals surface area (Å²) in [7, 11) is -3.58. The first kappa shape index (κ1) is 21.2. The molecule has 0 saturated carbocycles. The molecule has 0 spiro atoms. The maximum atomic E-state index is 12.7. The van der Waals surface area contributed by atoms with Crippen molar-refractivity contribution in [3.8, 4) is 0 Å². The monoisotopic (exact) mass is 451 g/mol. The fraction of sp³-hybridized carbons (Fsp3) is 0.474. The van der Waals surface area contributed by atoms with Crippen molar-refractivity contribution in [1.29, 1.82) is 0 Å². The van der Waals surface area contributed by atoms with E-state index in [2.05, 4.69) is 20.2 Å². The van der Waals surface area contributed by atoms with Crippen molar-refractivity contribution in [3.05, 3.63) is 41.9 Å². The second-order valence-corrected chi connectivity index (χ2v) is 10.2. The molecule has 0 atom stereocenters. The Kier molecular flexibility index (Phi) is 6.61. The third kappa shape index (κ3) is 4.80. The van der Waals surface area contributed by atoms with Crippen LogP contribution in [0.2, 0.25) is 0 Å². The average Bonchev–Trinajstić information content (AvgIpc) is 3.30. The van der Waals surface area contributed by atoms with Gasteiger partial charge in [0.15, 0.2) is 0 Å². The Morgan fingerprint density at radius 3 is 2.73 bits per heavy atom. The summed E-state index contributed by atoms with van der Waals surface area (Å²) in [5, 5.41) is 2.84. The Labute approximate surface area is 180 Å². The van der Waals surface area contributed by atoms with Crippen molar-refractivity contribution in [3.63, 3.8) is 0 Å². The number of H-pyrrole nitrogens is 1. The summed E-state index contributed by atoms with van der Waals surface area (Å²) in [6, 6.07) is 5.20. The molecule has 162 valence electrons. The van der Waals surface area contributed by atoms with Gasteiger partial charge in [0.05, 0.1) is 13.2 Å². The lowest BCUT2D eigenvalue weighted by Crippen LogP contribution is -2.37. The molecule has 4 rings (SSSR count). The Bertz CT molecular complexity index is 982. The van der Waals surface area contributed by atoms with Crippen LogP contribution in [-0.4, -0.2) is 79.5 Å². The van der Waals surface area contributed by atoms with Gasteiger partial charge in [-0.15, -0.1) is 0 Å². The van der Waals surface area contributed by atoms with Gasteiger partial charge in [-0.1, -0.05) is 0 Å². The Hall–Kier alpha value is -2.08. The standard InChI is InChI=1S/C19H25N5O4S2/c25-19(17-12-16(14-21-17)30(26,27)24-5-9-29-10-6-24)22-13-15-1-2-20-18(11-15)23-3-7-28-8-4-23/h1-2,11-12,14,21H,3-10,13H2,(H,22,25). The number of anilines is 1. The van der Waals surface area contributed by atoms with Gasteiger partial charge in [0.1, 0.15) is 16.4 Å². The van der Waals surface area contributed by atoms with Gasteiger partial charge in [-0.25, -0.2) is 13.4 Å². The van der Waals surface area contributed by atoms with Gasteiger partial charge in [-0.2, -0.15) is 16.1 Å². The molecule has 2 saturated heterocycles. The smallest absolute Gasteiger partial charge is 0.268 e. The van der Waals surface area contributed by atoms with Crippen molar-refractivity contribution in [2.45, 2.75) is 11.4 Å².